The van der Waals surface area contributed by atoms with Gasteiger partial charge in [-0.3, -0.25) is 0 Å². The van der Waals surface area contributed by atoms with Gasteiger partial charge < -0.3 is 10.4 Å². The number of nitrogens with zero attached hydrogens (tertiary/aromatic N) is 2. The molecule has 0 aliphatic rings. The number of hydrogen-bond donors (Lipinski definition) is 2. The predicted molar refractivity (Wildman–Crippen MR) is 39.6 cm³/mol. The molecule has 1 aromatic rings. The Kier molecular flexibility index (Phi) is 2.50. The molecule has 5 nitrogen and oxygen atoms in total. The Bertz CT molecular complexity index is 260. The zero-order valence-corrected chi connectivity index (χ0v) is 6.68. The Morgan fingerprint density at radius 2 is 2.45 bits per heavy atom. The molecule has 11 heavy (non-hydrogen) atoms. The molecule has 6 heteroatoms. The van der Waals surface area contributed by atoms with Gasteiger partial charge in [0, 0.05) is 6.54 Å². The van der Waals surface area contributed by atoms with E-state index in [0.29, 0.717) is 11.6 Å². The largest absolute Gasteiger partial charge is 0.476 e. The maximum atomic E-state index is 10.3. The summed E-state index contributed by atoms with van der Waals surface area (Å²) in [6, 6.07) is 0. The second-order valence-corrected chi connectivity index (χ2v) is 2.90. The first-order chi connectivity index (χ1) is 5.24. The quantitative estimate of drug-likeness (QED) is 0.670. The molecular weight excluding hydrogens is 166 g/mol. The number of nitrogens with one attached hydrogen (secondary N) is 1. The van der Waals surface area contributed by atoms with Crippen molar-refractivity contribution in [1.29, 1.82) is 0 Å². The highest BCUT2D eigenvalue weighted by atomic mass is 32.1. The zero-order chi connectivity index (χ0) is 8.27. The van der Waals surface area contributed by atoms with Gasteiger partial charge in [0.05, 0.1) is 0 Å². The molecule has 0 saturated carbocycles. The van der Waals surface area contributed by atoms with Crippen molar-refractivity contribution in [2.75, 3.05) is 7.05 Å². The van der Waals surface area contributed by atoms with Crippen LogP contribution in [0.1, 0.15) is 14.8 Å². The molecule has 2 N–H and O–H groups in total. The molecule has 1 rings (SSSR count). The maximum absolute atomic E-state index is 10.3. The summed E-state index contributed by atoms with van der Waals surface area (Å²) in [7, 11) is 1.77. The lowest BCUT2D eigenvalue weighted by Crippen LogP contribution is -2.04. The molecule has 0 saturated heterocycles. The third kappa shape index (κ3) is 1.95. The van der Waals surface area contributed by atoms with Gasteiger partial charge in [-0.05, 0) is 7.05 Å². The predicted octanol–water partition coefficient (Wildman–Crippen LogP) is -0.0443. The van der Waals surface area contributed by atoms with Crippen molar-refractivity contribution in [3.05, 3.63) is 10.0 Å². The standard InChI is InChI=1S/C5H7N3O2S/c1-6-2-3-7-8-4(11-3)5(9)10/h6H,2H2,1H3,(H,9,10). The first kappa shape index (κ1) is 8.09. The number of carbonyl (C=O) groups is 1. The Hall–Kier alpha value is -1.01. The highest BCUT2D eigenvalue weighted by molar-refractivity contribution is 7.13. The fourth-order valence-electron chi connectivity index (χ4n) is 0.563. The van der Waals surface area contributed by atoms with Crippen molar-refractivity contribution < 1.29 is 9.90 Å². The second-order valence-electron chi connectivity index (χ2n) is 1.84. The van der Waals surface area contributed by atoms with Crippen LogP contribution in [0.15, 0.2) is 0 Å². The van der Waals surface area contributed by atoms with E-state index in [9.17, 15) is 4.79 Å². The van der Waals surface area contributed by atoms with Crippen molar-refractivity contribution in [3.63, 3.8) is 0 Å². The van der Waals surface area contributed by atoms with E-state index in [1.165, 1.54) is 0 Å². The van der Waals surface area contributed by atoms with Crippen LogP contribution >= 0.6 is 11.3 Å². The Labute approximate surface area is 67.1 Å². The van der Waals surface area contributed by atoms with Gasteiger partial charge in [-0.25, -0.2) is 4.79 Å². The van der Waals surface area contributed by atoms with Crippen LogP contribution < -0.4 is 5.32 Å². The molecule has 0 spiro atoms. The number of aromatic nitrogens is 2. The third-order valence-corrected chi connectivity index (χ3v) is 1.89. The smallest absolute Gasteiger partial charge is 0.367 e. The highest BCUT2D eigenvalue weighted by Gasteiger charge is 2.09. The fraction of sp³-hybridized carbons (Fsp3) is 0.400. The lowest BCUT2D eigenvalue weighted by Gasteiger charge is -1.87. The first-order valence-electron chi connectivity index (χ1n) is 2.94. The molecule has 0 aliphatic carbocycles. The van der Waals surface area contributed by atoms with E-state index < -0.39 is 5.97 Å². The van der Waals surface area contributed by atoms with Gasteiger partial charge in [0.25, 0.3) is 0 Å². The minimum atomic E-state index is -1.02. The summed E-state index contributed by atoms with van der Waals surface area (Å²) in [4.78, 5) is 10.3. The van der Waals surface area contributed by atoms with Gasteiger partial charge in [-0.15, -0.1) is 10.2 Å². The van der Waals surface area contributed by atoms with Gasteiger partial charge in [0.15, 0.2) is 0 Å². The fourth-order valence-corrected chi connectivity index (χ4v) is 1.25. The van der Waals surface area contributed by atoms with E-state index in [-0.39, 0.29) is 5.01 Å². The minimum Gasteiger partial charge on any atom is -0.476 e. The summed E-state index contributed by atoms with van der Waals surface area (Å²) in [5.41, 5.74) is 0. The van der Waals surface area contributed by atoms with Crippen LogP contribution in [0.2, 0.25) is 0 Å². The summed E-state index contributed by atoms with van der Waals surface area (Å²) in [6.45, 7) is 0.560. The monoisotopic (exact) mass is 173 g/mol. The average molecular weight is 173 g/mol. The summed E-state index contributed by atoms with van der Waals surface area (Å²) in [5.74, 6) is -1.02. The lowest BCUT2D eigenvalue weighted by molar-refractivity contribution is 0.0695. The van der Waals surface area contributed by atoms with Gasteiger partial charge in [-0.1, -0.05) is 11.3 Å². The topological polar surface area (TPSA) is 75.1 Å². The number of carboxylic acid groups (broad SMARTS) is 1. The van der Waals surface area contributed by atoms with E-state index in [1.54, 1.807) is 7.05 Å². The van der Waals surface area contributed by atoms with Gasteiger partial charge >= 0.3 is 5.97 Å². The molecule has 0 aliphatic heterocycles. The van der Waals surface area contributed by atoms with Gasteiger partial charge in [0.2, 0.25) is 5.01 Å². The van der Waals surface area contributed by atoms with E-state index in [2.05, 4.69) is 15.5 Å². The molecule has 1 aromatic heterocycles. The van der Waals surface area contributed by atoms with Crippen molar-refractivity contribution in [1.82, 2.24) is 15.5 Å². The van der Waals surface area contributed by atoms with E-state index in [1.807, 2.05) is 0 Å². The Balaban J connectivity index is 2.73. The molecule has 60 valence electrons. The van der Waals surface area contributed by atoms with Crippen molar-refractivity contribution in [2.24, 2.45) is 0 Å². The van der Waals surface area contributed by atoms with Crippen LogP contribution in [-0.2, 0) is 6.54 Å². The summed E-state index contributed by atoms with van der Waals surface area (Å²) in [5, 5.41) is 19.1. The van der Waals surface area contributed by atoms with E-state index in [4.69, 9.17) is 5.11 Å². The first-order valence-corrected chi connectivity index (χ1v) is 3.76. The van der Waals surface area contributed by atoms with Crippen LogP contribution in [-0.4, -0.2) is 28.3 Å². The Morgan fingerprint density at radius 3 is 2.91 bits per heavy atom. The molecule has 0 fully saturated rings. The summed E-state index contributed by atoms with van der Waals surface area (Å²) in [6.07, 6.45) is 0. The van der Waals surface area contributed by atoms with Crippen LogP contribution in [0.4, 0.5) is 0 Å². The Morgan fingerprint density at radius 1 is 1.73 bits per heavy atom. The number of rotatable bonds is 3. The van der Waals surface area contributed by atoms with E-state index in [0.717, 1.165) is 11.3 Å². The minimum absolute atomic E-state index is 0.0373. The van der Waals surface area contributed by atoms with Gasteiger partial charge in [0.1, 0.15) is 5.01 Å². The van der Waals surface area contributed by atoms with Gasteiger partial charge in [-0.2, -0.15) is 0 Å². The molecule has 1 heterocycles. The highest BCUT2D eigenvalue weighted by Crippen LogP contribution is 2.08. The van der Waals surface area contributed by atoms with Crippen molar-refractivity contribution in [2.45, 2.75) is 6.54 Å². The third-order valence-electron chi connectivity index (χ3n) is 0.978. The van der Waals surface area contributed by atoms with Crippen molar-refractivity contribution in [3.8, 4) is 0 Å². The molecule has 0 aromatic carbocycles. The summed E-state index contributed by atoms with van der Waals surface area (Å²) >= 11 is 1.08. The average Bonchev–Trinajstić information content (AvgIpc) is 2.37. The van der Waals surface area contributed by atoms with Crippen LogP contribution in [0.5, 0.6) is 0 Å². The maximum Gasteiger partial charge on any atom is 0.367 e. The summed E-state index contributed by atoms with van der Waals surface area (Å²) < 4.78 is 0. The molecular formula is C5H7N3O2S. The van der Waals surface area contributed by atoms with Crippen molar-refractivity contribution >= 4 is 17.3 Å². The molecule has 0 unspecified atom stereocenters. The van der Waals surface area contributed by atoms with E-state index >= 15 is 0 Å². The molecule has 0 amide bonds. The number of carboxylic acids is 1. The number of aromatic carboxylic acids is 1. The van der Waals surface area contributed by atoms with Crippen LogP contribution in [0.3, 0.4) is 0 Å². The molecule has 0 radical (unpaired) electrons. The number of hydrogen-bond acceptors (Lipinski definition) is 5. The van der Waals surface area contributed by atoms with Crippen LogP contribution in [0, 0.1) is 0 Å². The zero-order valence-electron chi connectivity index (χ0n) is 5.87. The SMILES string of the molecule is CNCc1nnc(C(=O)O)s1. The normalized spacial score (nSPS) is 9.91. The second kappa shape index (κ2) is 3.40. The van der Waals surface area contributed by atoms with Crippen LogP contribution in [0.25, 0.3) is 0 Å². The molecule has 0 atom stereocenters. The molecule has 0 bridgehead atoms. The lowest BCUT2D eigenvalue weighted by atomic mass is 10.7.